The van der Waals surface area contributed by atoms with Crippen LogP contribution in [0.4, 0.5) is 5.69 Å². The lowest BCUT2D eigenvalue weighted by atomic mass is 9.98. The van der Waals surface area contributed by atoms with E-state index in [4.69, 9.17) is 5.73 Å². The van der Waals surface area contributed by atoms with Crippen molar-refractivity contribution >= 4 is 21.6 Å². The van der Waals surface area contributed by atoms with E-state index in [9.17, 15) is 5.11 Å². The number of anilines is 1. The average molecular weight is 327 g/mol. The molecule has 106 valence electrons. The van der Waals surface area contributed by atoms with Crippen molar-refractivity contribution in [2.24, 2.45) is 5.73 Å². The number of hydrogen-bond donors (Lipinski definition) is 2. The molecule has 3 nitrogen and oxygen atoms in total. The summed E-state index contributed by atoms with van der Waals surface area (Å²) in [5.74, 6) is 0. The van der Waals surface area contributed by atoms with Gasteiger partial charge in [-0.1, -0.05) is 22.0 Å². The molecule has 0 bridgehead atoms. The molecule has 1 aromatic rings. The fraction of sp³-hybridized carbons (Fsp3) is 0.600. The summed E-state index contributed by atoms with van der Waals surface area (Å²) in [6.45, 7) is 5.82. The molecule has 1 aliphatic rings. The number of benzene rings is 1. The van der Waals surface area contributed by atoms with Crippen LogP contribution >= 0.6 is 15.9 Å². The van der Waals surface area contributed by atoms with Crippen LogP contribution in [-0.2, 0) is 0 Å². The van der Waals surface area contributed by atoms with Crippen molar-refractivity contribution in [3.8, 4) is 0 Å². The van der Waals surface area contributed by atoms with Gasteiger partial charge in [0.1, 0.15) is 0 Å². The van der Waals surface area contributed by atoms with Gasteiger partial charge in [-0.05, 0) is 50.8 Å². The van der Waals surface area contributed by atoms with Crippen LogP contribution in [0, 0.1) is 0 Å². The van der Waals surface area contributed by atoms with Gasteiger partial charge in [-0.25, -0.2) is 0 Å². The van der Waals surface area contributed by atoms with Crippen molar-refractivity contribution in [3.05, 3.63) is 28.2 Å². The van der Waals surface area contributed by atoms with Gasteiger partial charge in [-0.2, -0.15) is 0 Å². The lowest BCUT2D eigenvalue weighted by Gasteiger charge is -2.25. The Balaban J connectivity index is 2.16. The number of hydrogen-bond acceptors (Lipinski definition) is 3. The summed E-state index contributed by atoms with van der Waals surface area (Å²) >= 11 is 3.60. The zero-order valence-corrected chi connectivity index (χ0v) is 13.3. The summed E-state index contributed by atoms with van der Waals surface area (Å²) in [4.78, 5) is 2.34. The third-order valence-electron chi connectivity index (χ3n) is 3.90. The zero-order chi connectivity index (χ0) is 14.0. The third kappa shape index (κ3) is 3.71. The van der Waals surface area contributed by atoms with Crippen LogP contribution in [-0.4, -0.2) is 23.8 Å². The number of nitrogens with two attached hydrogens (primary N) is 1. The van der Waals surface area contributed by atoms with E-state index in [0.29, 0.717) is 0 Å². The van der Waals surface area contributed by atoms with Crippen molar-refractivity contribution < 1.29 is 5.11 Å². The van der Waals surface area contributed by atoms with Crippen molar-refractivity contribution in [2.45, 2.75) is 44.8 Å². The average Bonchev–Trinajstić information content (AvgIpc) is 2.49. The summed E-state index contributed by atoms with van der Waals surface area (Å²) in [5.41, 5.74) is 7.74. The second-order valence-corrected chi connectivity index (χ2v) is 6.69. The van der Waals surface area contributed by atoms with E-state index < -0.39 is 5.60 Å². The Morgan fingerprint density at radius 2 is 2.11 bits per heavy atom. The lowest BCUT2D eigenvalue weighted by Crippen LogP contribution is -2.28. The molecular weight excluding hydrogens is 304 g/mol. The van der Waals surface area contributed by atoms with Crippen LogP contribution in [0.1, 0.15) is 44.7 Å². The van der Waals surface area contributed by atoms with Crippen LogP contribution in [0.3, 0.4) is 0 Å². The topological polar surface area (TPSA) is 49.5 Å². The molecule has 4 heteroatoms. The summed E-state index contributed by atoms with van der Waals surface area (Å²) in [5, 5.41) is 10.1. The van der Waals surface area contributed by atoms with E-state index >= 15 is 0 Å². The highest BCUT2D eigenvalue weighted by atomic mass is 79.9. The Bertz CT molecular complexity index is 446. The molecule has 0 radical (unpaired) electrons. The molecule has 2 rings (SSSR count). The van der Waals surface area contributed by atoms with Crippen molar-refractivity contribution in [2.75, 3.05) is 18.0 Å². The molecule has 2 atom stereocenters. The van der Waals surface area contributed by atoms with Gasteiger partial charge in [0.25, 0.3) is 0 Å². The summed E-state index contributed by atoms with van der Waals surface area (Å²) < 4.78 is 1.07. The smallest absolute Gasteiger partial charge is 0.0637 e. The van der Waals surface area contributed by atoms with E-state index in [-0.39, 0.29) is 6.04 Å². The third-order valence-corrected chi connectivity index (χ3v) is 4.59. The summed E-state index contributed by atoms with van der Waals surface area (Å²) in [6.07, 6.45) is 2.72. The number of nitrogens with zero attached hydrogens (tertiary/aromatic N) is 1. The highest BCUT2D eigenvalue weighted by Crippen LogP contribution is 2.30. The molecule has 1 unspecified atom stereocenters. The van der Waals surface area contributed by atoms with E-state index in [1.165, 1.54) is 5.69 Å². The molecule has 3 N–H and O–H groups in total. The molecule has 1 heterocycles. The first-order valence-electron chi connectivity index (χ1n) is 6.91. The Morgan fingerprint density at radius 3 is 2.74 bits per heavy atom. The van der Waals surface area contributed by atoms with Gasteiger partial charge in [0.15, 0.2) is 0 Å². The number of halogens is 1. The van der Waals surface area contributed by atoms with Gasteiger partial charge in [-0.15, -0.1) is 0 Å². The van der Waals surface area contributed by atoms with E-state index in [1.54, 1.807) is 0 Å². The Kier molecular flexibility index (Phi) is 4.54. The van der Waals surface area contributed by atoms with Crippen LogP contribution in [0.2, 0.25) is 0 Å². The van der Waals surface area contributed by atoms with Gasteiger partial charge in [0, 0.05) is 29.3 Å². The molecule has 1 aliphatic heterocycles. The molecule has 0 saturated carbocycles. The molecule has 0 aliphatic carbocycles. The standard InChI is InChI=1S/C15H23BrN2O/c1-11(17)13-5-4-12(10-14(13)16)18-8-3-6-15(2,19)7-9-18/h4-5,10-11,19H,3,6-9,17H2,1-2H3/t11-,15?/m1/s1. The maximum absolute atomic E-state index is 10.1. The predicted molar refractivity (Wildman–Crippen MR) is 83.4 cm³/mol. The Labute approximate surface area is 123 Å². The van der Waals surface area contributed by atoms with E-state index in [2.05, 4.69) is 39.0 Å². The lowest BCUT2D eigenvalue weighted by molar-refractivity contribution is 0.0481. The minimum Gasteiger partial charge on any atom is -0.390 e. The quantitative estimate of drug-likeness (QED) is 0.877. The van der Waals surface area contributed by atoms with Crippen LogP contribution in [0.15, 0.2) is 22.7 Å². The summed E-state index contributed by atoms with van der Waals surface area (Å²) in [6, 6.07) is 6.39. The fourth-order valence-corrected chi connectivity index (χ4v) is 3.33. The Morgan fingerprint density at radius 1 is 1.37 bits per heavy atom. The minimum atomic E-state index is -0.516. The van der Waals surface area contributed by atoms with Gasteiger partial charge in [0.05, 0.1) is 5.60 Å². The second-order valence-electron chi connectivity index (χ2n) is 5.83. The molecule has 0 aromatic heterocycles. The van der Waals surface area contributed by atoms with Crippen molar-refractivity contribution in [1.82, 2.24) is 0 Å². The van der Waals surface area contributed by atoms with E-state index in [1.807, 2.05) is 13.8 Å². The monoisotopic (exact) mass is 326 g/mol. The minimum absolute atomic E-state index is 0.0355. The first-order chi connectivity index (χ1) is 8.89. The maximum Gasteiger partial charge on any atom is 0.0637 e. The largest absolute Gasteiger partial charge is 0.390 e. The van der Waals surface area contributed by atoms with Crippen LogP contribution < -0.4 is 10.6 Å². The fourth-order valence-electron chi connectivity index (χ4n) is 2.60. The van der Waals surface area contributed by atoms with Crippen LogP contribution in [0.5, 0.6) is 0 Å². The van der Waals surface area contributed by atoms with Gasteiger partial charge < -0.3 is 15.7 Å². The Hall–Kier alpha value is -0.580. The first-order valence-corrected chi connectivity index (χ1v) is 7.71. The molecule has 0 amide bonds. The molecule has 1 aromatic carbocycles. The summed E-state index contributed by atoms with van der Waals surface area (Å²) in [7, 11) is 0. The molecule has 1 fully saturated rings. The first kappa shape index (κ1) is 14.8. The highest BCUT2D eigenvalue weighted by Gasteiger charge is 2.25. The van der Waals surface area contributed by atoms with Gasteiger partial charge in [0.2, 0.25) is 0 Å². The maximum atomic E-state index is 10.1. The molecular formula is C15H23BrN2O. The SMILES string of the molecule is C[C@@H](N)c1ccc(N2CCCC(C)(O)CC2)cc1Br. The second kappa shape index (κ2) is 5.81. The molecule has 0 spiro atoms. The van der Waals surface area contributed by atoms with E-state index in [0.717, 1.165) is 42.4 Å². The zero-order valence-electron chi connectivity index (χ0n) is 11.7. The van der Waals surface area contributed by atoms with Crippen molar-refractivity contribution in [3.63, 3.8) is 0 Å². The predicted octanol–water partition coefficient (Wildman–Crippen LogP) is 3.21. The highest BCUT2D eigenvalue weighted by molar-refractivity contribution is 9.10. The van der Waals surface area contributed by atoms with Crippen molar-refractivity contribution in [1.29, 1.82) is 0 Å². The number of rotatable bonds is 2. The number of aliphatic hydroxyl groups is 1. The molecule has 1 saturated heterocycles. The normalized spacial score (nSPS) is 26.1. The molecule has 19 heavy (non-hydrogen) atoms. The van der Waals surface area contributed by atoms with Gasteiger partial charge in [-0.3, -0.25) is 0 Å². The van der Waals surface area contributed by atoms with Crippen LogP contribution in [0.25, 0.3) is 0 Å². The van der Waals surface area contributed by atoms with Gasteiger partial charge >= 0.3 is 0 Å².